The summed E-state index contributed by atoms with van der Waals surface area (Å²) in [5.41, 5.74) is 8.58. The number of rotatable bonds is 6. The number of amidine groups is 1. The number of methoxy groups -OCH3 is 1. The molecule has 0 spiro atoms. The van der Waals surface area contributed by atoms with Crippen molar-refractivity contribution in [1.82, 2.24) is 4.90 Å². The Morgan fingerprint density at radius 1 is 1.38 bits per heavy atom. The highest BCUT2D eigenvalue weighted by molar-refractivity contribution is 9.11. The molecule has 1 aromatic carbocycles. The fourth-order valence-corrected chi connectivity index (χ4v) is 3.36. The molecule has 0 bridgehead atoms. The summed E-state index contributed by atoms with van der Waals surface area (Å²) in [6.45, 7) is 1.59. The van der Waals surface area contributed by atoms with Crippen LogP contribution in [0.5, 0.6) is 5.75 Å². The van der Waals surface area contributed by atoms with Gasteiger partial charge >= 0.3 is 0 Å². The van der Waals surface area contributed by atoms with Gasteiger partial charge in [-0.1, -0.05) is 0 Å². The number of hydrogen-bond acceptors (Lipinski definition) is 4. The first-order chi connectivity index (χ1) is 9.99. The van der Waals surface area contributed by atoms with Crippen LogP contribution in [0.1, 0.15) is 16.7 Å². The molecular formula is C15H18BrN3OS. The third kappa shape index (κ3) is 4.30. The van der Waals surface area contributed by atoms with Gasteiger partial charge in [0.05, 0.1) is 10.9 Å². The third-order valence-electron chi connectivity index (χ3n) is 3.11. The van der Waals surface area contributed by atoms with Crippen molar-refractivity contribution in [3.8, 4) is 5.75 Å². The fraction of sp³-hybridized carbons (Fsp3) is 0.267. The van der Waals surface area contributed by atoms with Gasteiger partial charge in [-0.2, -0.15) is 0 Å². The van der Waals surface area contributed by atoms with Crippen molar-refractivity contribution in [3.63, 3.8) is 0 Å². The quantitative estimate of drug-likeness (QED) is 0.607. The van der Waals surface area contributed by atoms with Crippen LogP contribution >= 0.6 is 27.3 Å². The molecule has 6 heteroatoms. The summed E-state index contributed by atoms with van der Waals surface area (Å²) >= 11 is 5.17. The molecule has 0 aliphatic carbocycles. The molecule has 0 atom stereocenters. The van der Waals surface area contributed by atoms with Crippen LogP contribution in [0.3, 0.4) is 0 Å². The minimum Gasteiger partial charge on any atom is -0.496 e. The van der Waals surface area contributed by atoms with Crippen molar-refractivity contribution in [2.75, 3.05) is 14.2 Å². The highest BCUT2D eigenvalue weighted by Gasteiger charge is 2.10. The third-order valence-corrected chi connectivity index (χ3v) is 4.66. The lowest BCUT2D eigenvalue weighted by Crippen LogP contribution is -2.18. The van der Waals surface area contributed by atoms with E-state index < -0.39 is 0 Å². The van der Waals surface area contributed by atoms with Crippen molar-refractivity contribution in [2.24, 2.45) is 5.73 Å². The Morgan fingerprint density at radius 3 is 2.71 bits per heavy atom. The van der Waals surface area contributed by atoms with Crippen LogP contribution in [0.15, 0.2) is 33.4 Å². The van der Waals surface area contributed by atoms with Crippen molar-refractivity contribution >= 4 is 33.1 Å². The first-order valence-corrected chi connectivity index (χ1v) is 8.09. The van der Waals surface area contributed by atoms with Crippen molar-refractivity contribution in [3.05, 3.63) is 50.1 Å². The Bertz CT molecular complexity index is 642. The maximum absolute atomic E-state index is 7.54. The summed E-state index contributed by atoms with van der Waals surface area (Å²) in [6, 6.07) is 7.72. The van der Waals surface area contributed by atoms with Gasteiger partial charge in [-0.15, -0.1) is 11.3 Å². The van der Waals surface area contributed by atoms with E-state index in [9.17, 15) is 0 Å². The molecule has 21 heavy (non-hydrogen) atoms. The maximum Gasteiger partial charge on any atom is 0.123 e. The van der Waals surface area contributed by atoms with Gasteiger partial charge in [0.1, 0.15) is 11.6 Å². The van der Waals surface area contributed by atoms with E-state index in [-0.39, 0.29) is 5.84 Å². The molecule has 1 heterocycles. The molecule has 0 aliphatic heterocycles. The van der Waals surface area contributed by atoms with Crippen LogP contribution in [-0.4, -0.2) is 24.9 Å². The fourth-order valence-electron chi connectivity index (χ4n) is 2.16. The Hall–Kier alpha value is -1.37. The summed E-state index contributed by atoms with van der Waals surface area (Å²) in [5, 5.41) is 9.69. The lowest BCUT2D eigenvalue weighted by atomic mass is 10.1. The van der Waals surface area contributed by atoms with Gasteiger partial charge in [-0.25, -0.2) is 0 Å². The molecule has 0 unspecified atom stereocenters. The number of benzene rings is 1. The van der Waals surface area contributed by atoms with Gasteiger partial charge in [0.25, 0.3) is 0 Å². The first-order valence-electron chi connectivity index (χ1n) is 6.42. The smallest absolute Gasteiger partial charge is 0.123 e. The van der Waals surface area contributed by atoms with Crippen molar-refractivity contribution in [1.29, 1.82) is 5.41 Å². The second-order valence-corrected chi connectivity index (χ2v) is 7.16. The first kappa shape index (κ1) is 16.0. The molecular weight excluding hydrogens is 350 g/mol. The number of nitrogens with one attached hydrogen (secondary N) is 1. The summed E-state index contributed by atoms with van der Waals surface area (Å²) in [5.74, 6) is 0.890. The maximum atomic E-state index is 7.54. The van der Waals surface area contributed by atoms with Crippen molar-refractivity contribution in [2.45, 2.75) is 13.1 Å². The Kier molecular flexibility index (Phi) is 5.39. The molecule has 2 rings (SSSR count). The van der Waals surface area contributed by atoms with E-state index in [1.807, 2.05) is 12.1 Å². The molecule has 0 radical (unpaired) electrons. The highest BCUT2D eigenvalue weighted by atomic mass is 79.9. The number of hydrogen-bond donors (Lipinski definition) is 2. The standard InChI is InChI=1S/C15H18BrN3OS/c1-19(7-10-5-14(16)21-9-10)8-12-6-11(15(17)18)3-4-13(12)20-2/h3-6,9H,7-8H2,1-2H3,(H3,17,18). The molecule has 4 nitrogen and oxygen atoms in total. The predicted molar refractivity (Wildman–Crippen MR) is 91.2 cm³/mol. The molecule has 3 N–H and O–H groups in total. The second-order valence-electron chi connectivity index (χ2n) is 4.87. The van der Waals surface area contributed by atoms with Gasteiger partial charge < -0.3 is 10.5 Å². The average Bonchev–Trinajstić information content (AvgIpc) is 2.83. The van der Waals surface area contributed by atoms with Crippen LogP contribution < -0.4 is 10.5 Å². The zero-order valence-electron chi connectivity index (χ0n) is 12.0. The van der Waals surface area contributed by atoms with Gasteiger partial charge in [0.2, 0.25) is 0 Å². The van der Waals surface area contributed by atoms with Gasteiger partial charge in [0.15, 0.2) is 0 Å². The van der Waals surface area contributed by atoms with Crippen molar-refractivity contribution < 1.29 is 4.74 Å². The number of nitrogens with zero attached hydrogens (tertiary/aromatic N) is 1. The Morgan fingerprint density at radius 2 is 2.14 bits per heavy atom. The topological polar surface area (TPSA) is 62.3 Å². The zero-order chi connectivity index (χ0) is 15.4. The minimum atomic E-state index is 0.0725. The number of halogens is 1. The van der Waals surface area contributed by atoms with E-state index in [0.29, 0.717) is 0 Å². The average molecular weight is 368 g/mol. The van der Waals surface area contributed by atoms with E-state index >= 15 is 0 Å². The molecule has 112 valence electrons. The normalized spacial score (nSPS) is 10.9. The van der Waals surface area contributed by atoms with E-state index in [4.69, 9.17) is 15.9 Å². The largest absolute Gasteiger partial charge is 0.496 e. The molecule has 2 aromatic rings. The summed E-state index contributed by atoms with van der Waals surface area (Å²) < 4.78 is 6.53. The molecule has 0 fully saturated rings. The number of nitrogens with two attached hydrogens (primary N) is 1. The summed E-state index contributed by atoms with van der Waals surface area (Å²) in [6.07, 6.45) is 0. The highest BCUT2D eigenvalue weighted by Crippen LogP contribution is 2.24. The van der Waals surface area contributed by atoms with Crippen LogP contribution in [0.25, 0.3) is 0 Å². The van der Waals surface area contributed by atoms with Gasteiger partial charge in [-0.3, -0.25) is 10.3 Å². The van der Waals surface area contributed by atoms with Crippen LogP contribution in [-0.2, 0) is 13.1 Å². The van der Waals surface area contributed by atoms with E-state index in [2.05, 4.69) is 39.3 Å². The number of nitrogen functional groups attached to an aromatic ring is 1. The number of thiophene rings is 1. The predicted octanol–water partition coefficient (Wildman–Crippen LogP) is 3.44. The van der Waals surface area contributed by atoms with E-state index in [0.717, 1.165) is 33.8 Å². The Labute approximate surface area is 137 Å². The van der Waals surface area contributed by atoms with Crippen LogP contribution in [0, 0.1) is 5.41 Å². The summed E-state index contributed by atoms with van der Waals surface area (Å²) in [7, 11) is 3.72. The lowest BCUT2D eigenvalue weighted by molar-refractivity contribution is 0.310. The zero-order valence-corrected chi connectivity index (χ0v) is 14.4. The van der Waals surface area contributed by atoms with Crippen LogP contribution in [0.4, 0.5) is 0 Å². The monoisotopic (exact) mass is 367 g/mol. The Balaban J connectivity index is 2.13. The van der Waals surface area contributed by atoms with Gasteiger partial charge in [-0.05, 0) is 58.2 Å². The minimum absolute atomic E-state index is 0.0725. The number of ether oxygens (including phenoxy) is 1. The second kappa shape index (κ2) is 7.06. The molecule has 0 saturated heterocycles. The lowest BCUT2D eigenvalue weighted by Gasteiger charge is -2.18. The van der Waals surface area contributed by atoms with E-state index in [1.165, 1.54) is 5.56 Å². The van der Waals surface area contributed by atoms with Gasteiger partial charge in [0, 0.05) is 24.2 Å². The molecule has 1 aromatic heterocycles. The SMILES string of the molecule is COc1ccc(C(=N)N)cc1CN(C)Cc1csc(Br)c1. The van der Waals surface area contributed by atoms with E-state index in [1.54, 1.807) is 24.5 Å². The molecule has 0 aliphatic rings. The van der Waals surface area contributed by atoms with Crippen LogP contribution in [0.2, 0.25) is 0 Å². The molecule has 0 saturated carbocycles. The molecule has 0 amide bonds. The summed E-state index contributed by atoms with van der Waals surface area (Å²) in [4.78, 5) is 2.20.